The molecule has 0 aromatic rings. The summed E-state index contributed by atoms with van der Waals surface area (Å²) in [5, 5.41) is 3.41. The van der Waals surface area contributed by atoms with Crippen LogP contribution < -0.4 is 5.32 Å². The van der Waals surface area contributed by atoms with Crippen LogP contribution in [0.3, 0.4) is 0 Å². The molecule has 3 heteroatoms. The van der Waals surface area contributed by atoms with E-state index in [0.29, 0.717) is 0 Å². The van der Waals surface area contributed by atoms with Crippen molar-refractivity contribution < 1.29 is 0 Å². The molecule has 0 amide bonds. The Morgan fingerprint density at radius 3 is 2.39 bits per heavy atom. The third-order valence-electron chi connectivity index (χ3n) is 4.44. The van der Waals surface area contributed by atoms with E-state index < -0.39 is 0 Å². The Kier molecular flexibility index (Phi) is 7.87. The summed E-state index contributed by atoms with van der Waals surface area (Å²) in [4.78, 5) is 5.16. The van der Waals surface area contributed by atoms with E-state index in [-0.39, 0.29) is 0 Å². The Labute approximate surface area is 114 Å². The third kappa shape index (κ3) is 5.68. The van der Waals surface area contributed by atoms with Gasteiger partial charge < -0.3 is 10.2 Å². The average Bonchev–Trinajstić information content (AvgIpc) is 2.42. The molecule has 1 saturated heterocycles. The van der Waals surface area contributed by atoms with Crippen LogP contribution >= 0.6 is 0 Å². The van der Waals surface area contributed by atoms with E-state index in [9.17, 15) is 0 Å². The molecular formula is C15H33N3. The molecule has 3 nitrogen and oxygen atoms in total. The molecule has 0 radical (unpaired) electrons. The zero-order valence-corrected chi connectivity index (χ0v) is 12.9. The molecule has 1 fully saturated rings. The van der Waals surface area contributed by atoms with E-state index in [1.165, 1.54) is 45.4 Å². The molecule has 0 aromatic heterocycles. The van der Waals surface area contributed by atoms with Crippen molar-refractivity contribution in [1.29, 1.82) is 0 Å². The minimum absolute atomic E-state index is 0.767. The van der Waals surface area contributed by atoms with Gasteiger partial charge in [0.25, 0.3) is 0 Å². The van der Waals surface area contributed by atoms with E-state index in [4.69, 9.17) is 0 Å². The number of nitrogens with one attached hydrogen (secondary N) is 1. The predicted molar refractivity (Wildman–Crippen MR) is 80.1 cm³/mol. The first-order valence-corrected chi connectivity index (χ1v) is 7.80. The maximum Gasteiger partial charge on any atom is 0.0110 e. The summed E-state index contributed by atoms with van der Waals surface area (Å²) in [5.41, 5.74) is 0. The molecule has 2 atom stereocenters. The van der Waals surface area contributed by atoms with E-state index in [1.807, 2.05) is 0 Å². The van der Waals surface area contributed by atoms with Crippen LogP contribution in [0, 0.1) is 5.92 Å². The molecule has 0 aromatic carbocycles. The first-order valence-electron chi connectivity index (χ1n) is 7.80. The normalized spacial score (nSPS) is 21.2. The topological polar surface area (TPSA) is 18.5 Å². The number of nitrogens with zero attached hydrogens (tertiary/aromatic N) is 2. The van der Waals surface area contributed by atoms with Gasteiger partial charge in [0.05, 0.1) is 0 Å². The number of hydrogen-bond acceptors (Lipinski definition) is 3. The van der Waals surface area contributed by atoms with Crippen LogP contribution in [0.25, 0.3) is 0 Å². The fraction of sp³-hybridized carbons (Fsp3) is 1.00. The molecule has 108 valence electrons. The molecule has 2 unspecified atom stereocenters. The molecule has 0 spiro atoms. The van der Waals surface area contributed by atoms with Crippen LogP contribution in [0.1, 0.15) is 40.0 Å². The summed E-state index contributed by atoms with van der Waals surface area (Å²) in [6, 6.07) is 0.767. The summed E-state index contributed by atoms with van der Waals surface area (Å²) in [5.74, 6) is 0.858. The molecule has 1 aliphatic heterocycles. The van der Waals surface area contributed by atoms with Crippen molar-refractivity contribution in [2.75, 3.05) is 46.3 Å². The Morgan fingerprint density at radius 1 is 1.17 bits per heavy atom. The molecular weight excluding hydrogens is 222 g/mol. The largest absolute Gasteiger partial charge is 0.314 e. The molecule has 1 aliphatic rings. The van der Waals surface area contributed by atoms with Gasteiger partial charge in [-0.2, -0.15) is 0 Å². The zero-order chi connectivity index (χ0) is 13.4. The zero-order valence-electron chi connectivity index (χ0n) is 12.9. The van der Waals surface area contributed by atoms with E-state index in [2.05, 4.69) is 42.9 Å². The Bertz CT molecular complexity index is 202. The molecule has 1 N–H and O–H groups in total. The molecule has 18 heavy (non-hydrogen) atoms. The van der Waals surface area contributed by atoms with Gasteiger partial charge >= 0.3 is 0 Å². The summed E-state index contributed by atoms with van der Waals surface area (Å²) >= 11 is 0. The number of likely N-dealkylation sites (N-methyl/N-ethyl adjacent to an activating group) is 1. The lowest BCUT2D eigenvalue weighted by Crippen LogP contribution is -2.47. The van der Waals surface area contributed by atoms with E-state index >= 15 is 0 Å². The second-order valence-corrected chi connectivity index (χ2v) is 5.88. The van der Waals surface area contributed by atoms with Crippen LogP contribution in [0.2, 0.25) is 0 Å². The van der Waals surface area contributed by atoms with Gasteiger partial charge in [0.1, 0.15) is 0 Å². The second-order valence-electron chi connectivity index (χ2n) is 5.88. The minimum atomic E-state index is 0.767. The SMILES string of the molecule is CCC(C)CC(CC)N(C)CCN1CCNCC1. The van der Waals surface area contributed by atoms with Crippen LogP contribution in [-0.2, 0) is 0 Å². The van der Waals surface area contributed by atoms with Gasteiger partial charge in [-0.25, -0.2) is 0 Å². The van der Waals surface area contributed by atoms with Crippen molar-refractivity contribution >= 4 is 0 Å². The summed E-state index contributed by atoms with van der Waals surface area (Å²) in [6.07, 6.45) is 3.94. The number of rotatable bonds is 8. The van der Waals surface area contributed by atoms with Gasteiger partial charge in [-0.3, -0.25) is 4.90 Å². The smallest absolute Gasteiger partial charge is 0.0110 e. The van der Waals surface area contributed by atoms with Gasteiger partial charge in [-0.1, -0.05) is 27.2 Å². The maximum atomic E-state index is 3.41. The van der Waals surface area contributed by atoms with E-state index in [1.54, 1.807) is 0 Å². The van der Waals surface area contributed by atoms with Crippen molar-refractivity contribution in [1.82, 2.24) is 15.1 Å². The number of piperazine rings is 1. The summed E-state index contributed by atoms with van der Waals surface area (Å²) in [7, 11) is 2.30. The lowest BCUT2D eigenvalue weighted by atomic mass is 9.97. The lowest BCUT2D eigenvalue weighted by molar-refractivity contribution is 0.159. The highest BCUT2D eigenvalue weighted by Gasteiger charge is 2.17. The highest BCUT2D eigenvalue weighted by Crippen LogP contribution is 2.16. The molecule has 1 heterocycles. The molecule has 1 rings (SSSR count). The summed E-state index contributed by atoms with van der Waals surface area (Å²) < 4.78 is 0. The summed E-state index contributed by atoms with van der Waals surface area (Å²) in [6.45, 7) is 14.2. The van der Waals surface area contributed by atoms with Crippen molar-refractivity contribution in [3.63, 3.8) is 0 Å². The fourth-order valence-electron chi connectivity index (χ4n) is 2.71. The average molecular weight is 255 g/mol. The Hall–Kier alpha value is -0.120. The highest BCUT2D eigenvalue weighted by atomic mass is 15.2. The first kappa shape index (κ1) is 15.9. The van der Waals surface area contributed by atoms with Crippen LogP contribution in [-0.4, -0.2) is 62.2 Å². The molecule has 0 saturated carbocycles. The van der Waals surface area contributed by atoms with Gasteiger partial charge in [-0.15, -0.1) is 0 Å². The minimum Gasteiger partial charge on any atom is -0.314 e. The molecule has 0 aliphatic carbocycles. The van der Waals surface area contributed by atoms with E-state index in [0.717, 1.165) is 25.0 Å². The number of hydrogen-bond donors (Lipinski definition) is 1. The van der Waals surface area contributed by atoms with Crippen molar-refractivity contribution in [3.05, 3.63) is 0 Å². The Morgan fingerprint density at radius 2 is 1.83 bits per heavy atom. The maximum absolute atomic E-state index is 3.41. The highest BCUT2D eigenvalue weighted by molar-refractivity contribution is 4.73. The van der Waals surface area contributed by atoms with Gasteiger partial charge in [0, 0.05) is 45.3 Å². The lowest BCUT2D eigenvalue weighted by Gasteiger charge is -2.33. The monoisotopic (exact) mass is 255 g/mol. The van der Waals surface area contributed by atoms with Gasteiger partial charge in [-0.05, 0) is 25.8 Å². The van der Waals surface area contributed by atoms with Crippen molar-refractivity contribution in [3.8, 4) is 0 Å². The molecule has 0 bridgehead atoms. The third-order valence-corrected chi connectivity index (χ3v) is 4.44. The Balaban J connectivity index is 2.25. The standard InChI is InChI=1S/C15H33N3/c1-5-14(3)13-15(6-2)17(4)11-12-18-9-7-16-8-10-18/h14-16H,5-13H2,1-4H3. The quantitative estimate of drug-likeness (QED) is 0.716. The van der Waals surface area contributed by atoms with Crippen molar-refractivity contribution in [2.45, 2.75) is 46.1 Å². The van der Waals surface area contributed by atoms with Crippen molar-refractivity contribution in [2.24, 2.45) is 5.92 Å². The first-order chi connectivity index (χ1) is 8.67. The predicted octanol–water partition coefficient (Wildman–Crippen LogP) is 2.04. The van der Waals surface area contributed by atoms with Crippen LogP contribution in [0.4, 0.5) is 0 Å². The second kappa shape index (κ2) is 8.89. The van der Waals surface area contributed by atoms with Gasteiger partial charge in [0.2, 0.25) is 0 Å². The van der Waals surface area contributed by atoms with Crippen LogP contribution in [0.5, 0.6) is 0 Å². The fourth-order valence-corrected chi connectivity index (χ4v) is 2.71. The van der Waals surface area contributed by atoms with Crippen LogP contribution in [0.15, 0.2) is 0 Å². The van der Waals surface area contributed by atoms with Gasteiger partial charge in [0.15, 0.2) is 0 Å².